The third-order valence-corrected chi connectivity index (χ3v) is 5.01. The SMILES string of the molecule is CCN(C(=O)O)C(=S)Nc1ccc(Oc2ccc(C)c(NC(=O)c3cc(C)nn3C)c2)cn1. The number of hydrogen-bond acceptors (Lipinski definition) is 6. The largest absolute Gasteiger partial charge is 0.465 e. The van der Waals surface area contributed by atoms with Crippen molar-refractivity contribution in [2.24, 2.45) is 7.05 Å². The molecule has 0 bridgehead atoms. The molecule has 3 rings (SSSR count). The summed E-state index contributed by atoms with van der Waals surface area (Å²) in [7, 11) is 1.72. The van der Waals surface area contributed by atoms with Gasteiger partial charge in [-0.2, -0.15) is 5.10 Å². The number of carbonyl (C=O) groups excluding carboxylic acids is 1. The van der Waals surface area contributed by atoms with E-state index in [4.69, 9.17) is 22.1 Å². The fourth-order valence-corrected chi connectivity index (χ4v) is 3.31. The highest BCUT2D eigenvalue weighted by atomic mass is 32.1. The molecule has 11 heteroatoms. The molecule has 0 fully saturated rings. The van der Waals surface area contributed by atoms with Crippen LogP contribution in [0.5, 0.6) is 11.5 Å². The molecule has 0 unspecified atom stereocenters. The molecule has 0 spiro atoms. The molecule has 0 saturated carbocycles. The van der Waals surface area contributed by atoms with E-state index in [1.165, 1.54) is 10.9 Å². The number of anilines is 2. The first-order chi connectivity index (χ1) is 15.7. The van der Waals surface area contributed by atoms with E-state index in [2.05, 4.69) is 20.7 Å². The monoisotopic (exact) mass is 468 g/mol. The lowest BCUT2D eigenvalue weighted by Crippen LogP contribution is -2.38. The maximum Gasteiger partial charge on any atom is 0.413 e. The van der Waals surface area contributed by atoms with Crippen LogP contribution in [-0.4, -0.2) is 48.4 Å². The minimum Gasteiger partial charge on any atom is -0.465 e. The van der Waals surface area contributed by atoms with Crippen LogP contribution in [0.1, 0.15) is 28.7 Å². The summed E-state index contributed by atoms with van der Waals surface area (Å²) >= 11 is 5.10. The minimum absolute atomic E-state index is 0.0358. The van der Waals surface area contributed by atoms with Gasteiger partial charge >= 0.3 is 6.09 Å². The Morgan fingerprint density at radius 3 is 2.45 bits per heavy atom. The summed E-state index contributed by atoms with van der Waals surface area (Å²) in [5.41, 5.74) is 2.70. The van der Waals surface area contributed by atoms with Crippen molar-refractivity contribution in [2.75, 3.05) is 17.2 Å². The first kappa shape index (κ1) is 23.7. The van der Waals surface area contributed by atoms with E-state index in [1.54, 1.807) is 44.3 Å². The van der Waals surface area contributed by atoms with Gasteiger partial charge in [-0.1, -0.05) is 6.07 Å². The number of carbonyl (C=O) groups is 2. The molecule has 1 aromatic carbocycles. The lowest BCUT2D eigenvalue weighted by Gasteiger charge is -2.18. The second kappa shape index (κ2) is 10.1. The van der Waals surface area contributed by atoms with Crippen molar-refractivity contribution in [1.82, 2.24) is 19.7 Å². The Morgan fingerprint density at radius 1 is 1.15 bits per heavy atom. The van der Waals surface area contributed by atoms with E-state index in [0.717, 1.165) is 16.2 Å². The van der Waals surface area contributed by atoms with Gasteiger partial charge in [0.2, 0.25) is 0 Å². The Labute approximate surface area is 196 Å². The predicted molar refractivity (Wildman–Crippen MR) is 128 cm³/mol. The number of benzene rings is 1. The van der Waals surface area contributed by atoms with E-state index in [9.17, 15) is 9.59 Å². The molecule has 172 valence electrons. The molecule has 0 saturated heterocycles. The van der Waals surface area contributed by atoms with Gasteiger partial charge < -0.3 is 20.5 Å². The summed E-state index contributed by atoms with van der Waals surface area (Å²) in [4.78, 5) is 29.0. The smallest absolute Gasteiger partial charge is 0.413 e. The third kappa shape index (κ3) is 5.83. The Hall–Kier alpha value is -3.99. The summed E-state index contributed by atoms with van der Waals surface area (Å²) in [5.74, 6) is 1.09. The van der Waals surface area contributed by atoms with Crippen LogP contribution in [-0.2, 0) is 7.05 Å². The summed E-state index contributed by atoms with van der Waals surface area (Å²) in [5, 5.41) is 19.0. The van der Waals surface area contributed by atoms with Gasteiger partial charge in [-0.25, -0.2) is 9.78 Å². The van der Waals surface area contributed by atoms with Crippen molar-refractivity contribution >= 4 is 40.8 Å². The van der Waals surface area contributed by atoms with Gasteiger partial charge in [0.05, 0.1) is 11.9 Å². The van der Waals surface area contributed by atoms with Crippen molar-refractivity contribution in [1.29, 1.82) is 0 Å². The second-order valence-electron chi connectivity index (χ2n) is 7.16. The summed E-state index contributed by atoms with van der Waals surface area (Å²) < 4.78 is 7.39. The number of pyridine rings is 1. The highest BCUT2D eigenvalue weighted by molar-refractivity contribution is 7.80. The molecule has 2 amide bonds. The molecule has 0 aliphatic carbocycles. The zero-order valence-electron chi connectivity index (χ0n) is 18.6. The Kier molecular flexibility index (Phi) is 7.23. The summed E-state index contributed by atoms with van der Waals surface area (Å²) in [6, 6.07) is 10.4. The van der Waals surface area contributed by atoms with Crippen LogP contribution in [0.25, 0.3) is 0 Å². The van der Waals surface area contributed by atoms with Crippen LogP contribution in [0, 0.1) is 13.8 Å². The highest BCUT2D eigenvalue weighted by Gasteiger charge is 2.16. The van der Waals surface area contributed by atoms with Crippen molar-refractivity contribution in [3.63, 3.8) is 0 Å². The Bertz CT molecular complexity index is 1190. The van der Waals surface area contributed by atoms with Crippen LogP contribution in [0.15, 0.2) is 42.6 Å². The van der Waals surface area contributed by atoms with Gasteiger partial charge in [-0.3, -0.25) is 14.4 Å². The lowest BCUT2D eigenvalue weighted by atomic mass is 10.2. The lowest BCUT2D eigenvalue weighted by molar-refractivity contribution is 0.101. The van der Waals surface area contributed by atoms with Gasteiger partial charge in [-0.05, 0) is 62.8 Å². The number of rotatable bonds is 6. The van der Waals surface area contributed by atoms with Gasteiger partial charge in [0, 0.05) is 25.3 Å². The second-order valence-corrected chi connectivity index (χ2v) is 7.55. The van der Waals surface area contributed by atoms with Gasteiger partial charge in [0.25, 0.3) is 5.91 Å². The van der Waals surface area contributed by atoms with Crippen molar-refractivity contribution in [2.45, 2.75) is 20.8 Å². The molecule has 2 aromatic heterocycles. The molecule has 0 aliphatic rings. The molecule has 0 radical (unpaired) electrons. The topological polar surface area (TPSA) is 122 Å². The van der Waals surface area contributed by atoms with Crippen LogP contribution >= 0.6 is 12.2 Å². The number of aryl methyl sites for hydroxylation is 3. The Morgan fingerprint density at radius 2 is 1.88 bits per heavy atom. The van der Waals surface area contributed by atoms with Gasteiger partial charge in [-0.15, -0.1) is 0 Å². The van der Waals surface area contributed by atoms with Gasteiger partial charge in [0.1, 0.15) is 23.0 Å². The first-order valence-electron chi connectivity index (χ1n) is 10.1. The van der Waals surface area contributed by atoms with E-state index >= 15 is 0 Å². The number of thiocarbonyl (C=S) groups is 1. The number of hydrogen-bond donors (Lipinski definition) is 3. The predicted octanol–water partition coefficient (Wildman–Crippen LogP) is 4.17. The van der Waals surface area contributed by atoms with Crippen molar-refractivity contribution in [3.05, 3.63) is 59.5 Å². The maximum absolute atomic E-state index is 12.6. The average molecular weight is 469 g/mol. The fourth-order valence-electron chi connectivity index (χ4n) is 3.00. The van der Waals surface area contributed by atoms with Crippen LogP contribution in [0.3, 0.4) is 0 Å². The highest BCUT2D eigenvalue weighted by Crippen LogP contribution is 2.27. The third-order valence-electron chi connectivity index (χ3n) is 4.69. The quantitative estimate of drug-likeness (QED) is 0.461. The van der Waals surface area contributed by atoms with Crippen LogP contribution in [0.2, 0.25) is 0 Å². The standard InChI is InChI=1S/C22H24N6O4S/c1-5-28(22(30)31)21(33)25-19-9-8-16(12-23-19)32-15-7-6-13(2)17(11-15)24-20(29)18-10-14(3)26-27(18)4/h6-12H,5H2,1-4H3,(H,24,29)(H,30,31)(H,23,25,33). The van der Waals surface area contributed by atoms with Crippen molar-refractivity contribution < 1.29 is 19.4 Å². The molecule has 33 heavy (non-hydrogen) atoms. The number of amides is 2. The zero-order valence-corrected chi connectivity index (χ0v) is 19.4. The number of aromatic nitrogens is 3. The minimum atomic E-state index is -1.14. The summed E-state index contributed by atoms with van der Waals surface area (Å²) in [6.07, 6.45) is 0.342. The molecule has 3 aromatic rings. The Balaban J connectivity index is 1.69. The molecule has 10 nitrogen and oxygen atoms in total. The molecular formula is C22H24N6O4S. The summed E-state index contributed by atoms with van der Waals surface area (Å²) in [6.45, 7) is 5.61. The normalized spacial score (nSPS) is 10.4. The molecular weight excluding hydrogens is 444 g/mol. The number of nitrogens with one attached hydrogen (secondary N) is 2. The van der Waals surface area contributed by atoms with Crippen molar-refractivity contribution in [3.8, 4) is 11.5 Å². The van der Waals surface area contributed by atoms with E-state index in [1.807, 2.05) is 19.9 Å². The fraction of sp³-hybridized carbons (Fsp3) is 0.227. The number of nitrogens with zero attached hydrogens (tertiary/aromatic N) is 4. The van der Waals surface area contributed by atoms with Gasteiger partial charge in [0.15, 0.2) is 5.11 Å². The maximum atomic E-state index is 12.6. The average Bonchev–Trinajstić information content (AvgIpc) is 3.10. The number of carboxylic acid groups (broad SMARTS) is 1. The molecule has 3 N–H and O–H groups in total. The molecule has 0 atom stereocenters. The number of ether oxygens (including phenoxy) is 1. The zero-order chi connectivity index (χ0) is 24.1. The molecule has 0 aliphatic heterocycles. The van der Waals surface area contributed by atoms with E-state index in [0.29, 0.717) is 28.7 Å². The van der Waals surface area contributed by atoms with Crippen LogP contribution in [0.4, 0.5) is 16.3 Å². The molecule has 2 heterocycles. The van der Waals surface area contributed by atoms with Crippen LogP contribution < -0.4 is 15.4 Å². The van der Waals surface area contributed by atoms with E-state index < -0.39 is 6.09 Å². The van der Waals surface area contributed by atoms with E-state index in [-0.39, 0.29) is 17.6 Å². The first-order valence-corrected chi connectivity index (χ1v) is 10.5.